The van der Waals surface area contributed by atoms with Gasteiger partial charge in [-0.3, -0.25) is 0 Å². The van der Waals surface area contributed by atoms with E-state index in [1.807, 2.05) is 0 Å². The molecule has 2 atom stereocenters. The molecule has 0 saturated carbocycles. The Kier molecular flexibility index (Phi) is 4.20. The van der Waals surface area contributed by atoms with Crippen LogP contribution in [0.3, 0.4) is 0 Å². The molecule has 5 heteroatoms. The van der Waals surface area contributed by atoms with Crippen LogP contribution in [-0.4, -0.2) is 18.5 Å². The van der Waals surface area contributed by atoms with Crippen molar-refractivity contribution in [2.45, 2.75) is 31.4 Å². The summed E-state index contributed by atoms with van der Waals surface area (Å²) in [5, 5.41) is 0. The first-order valence-corrected chi connectivity index (χ1v) is 3.35. The minimum atomic E-state index is -4.87. The topological polar surface area (TPSA) is 0 Å². The first-order valence-electron chi connectivity index (χ1n) is 3.35. The van der Waals surface area contributed by atoms with Crippen LogP contribution in [0.4, 0.5) is 22.0 Å². The third kappa shape index (κ3) is 4.31. The summed E-state index contributed by atoms with van der Waals surface area (Å²) in [6.07, 6.45) is -9.86. The molecule has 0 fully saturated rings. The standard InChI is InChI=1S/C7H9F5/c1-2-5(8)3-4-6(9)7(10,11)12/h2,5-6H,1,3-4H2. The third-order valence-corrected chi connectivity index (χ3v) is 1.31. The minimum Gasteiger partial charge on any atom is -0.243 e. The number of allylic oxidation sites excluding steroid dienone is 1. The highest BCUT2D eigenvalue weighted by atomic mass is 19.4. The van der Waals surface area contributed by atoms with E-state index in [1.54, 1.807) is 0 Å². The summed E-state index contributed by atoms with van der Waals surface area (Å²) < 4.78 is 58.7. The van der Waals surface area contributed by atoms with Gasteiger partial charge in [0.2, 0.25) is 0 Å². The van der Waals surface area contributed by atoms with Crippen molar-refractivity contribution >= 4 is 0 Å². The van der Waals surface area contributed by atoms with Crippen LogP contribution in [0.5, 0.6) is 0 Å². The van der Waals surface area contributed by atoms with Crippen molar-refractivity contribution < 1.29 is 22.0 Å². The summed E-state index contributed by atoms with van der Waals surface area (Å²) in [4.78, 5) is 0. The summed E-state index contributed by atoms with van der Waals surface area (Å²) in [7, 11) is 0. The quantitative estimate of drug-likeness (QED) is 0.469. The van der Waals surface area contributed by atoms with Gasteiger partial charge in [0, 0.05) is 0 Å². The van der Waals surface area contributed by atoms with E-state index in [0.717, 1.165) is 6.08 Å². The normalized spacial score (nSPS) is 17.1. The summed E-state index contributed by atoms with van der Waals surface area (Å²) in [6.45, 7) is 3.02. The highest BCUT2D eigenvalue weighted by molar-refractivity contribution is 4.80. The average Bonchev–Trinajstić information content (AvgIpc) is 1.97. The minimum absolute atomic E-state index is 0.482. The molecule has 0 amide bonds. The van der Waals surface area contributed by atoms with Crippen LogP contribution >= 0.6 is 0 Å². The van der Waals surface area contributed by atoms with Gasteiger partial charge in [-0.1, -0.05) is 6.08 Å². The summed E-state index contributed by atoms with van der Waals surface area (Å²) in [6, 6.07) is 0. The lowest BCUT2D eigenvalue weighted by molar-refractivity contribution is -0.182. The Hall–Kier alpha value is -0.610. The maximum atomic E-state index is 12.2. The molecular formula is C7H9F5. The number of hydrogen-bond acceptors (Lipinski definition) is 0. The molecule has 0 rings (SSSR count). The Morgan fingerprint density at radius 2 is 1.67 bits per heavy atom. The van der Waals surface area contributed by atoms with Gasteiger partial charge in [0.15, 0.2) is 6.17 Å². The zero-order valence-corrected chi connectivity index (χ0v) is 6.24. The van der Waals surface area contributed by atoms with E-state index in [9.17, 15) is 22.0 Å². The molecule has 0 bridgehead atoms. The second-order valence-corrected chi connectivity index (χ2v) is 2.34. The van der Waals surface area contributed by atoms with Crippen LogP contribution in [0.2, 0.25) is 0 Å². The van der Waals surface area contributed by atoms with Crippen LogP contribution in [0.25, 0.3) is 0 Å². The molecule has 0 heterocycles. The van der Waals surface area contributed by atoms with Gasteiger partial charge >= 0.3 is 6.18 Å². The smallest absolute Gasteiger partial charge is 0.243 e. The molecule has 0 aromatic heterocycles. The number of halogens is 5. The largest absolute Gasteiger partial charge is 0.419 e. The van der Waals surface area contributed by atoms with Crippen molar-refractivity contribution in [2.75, 3.05) is 0 Å². The number of rotatable bonds is 4. The predicted molar refractivity (Wildman–Crippen MR) is 35.3 cm³/mol. The van der Waals surface area contributed by atoms with E-state index >= 15 is 0 Å². The van der Waals surface area contributed by atoms with Gasteiger partial charge in [0.05, 0.1) is 0 Å². The van der Waals surface area contributed by atoms with E-state index in [0.29, 0.717) is 0 Å². The average molecular weight is 188 g/mol. The molecule has 0 aromatic rings. The van der Waals surface area contributed by atoms with E-state index < -0.39 is 31.4 Å². The zero-order valence-electron chi connectivity index (χ0n) is 6.24. The first-order chi connectivity index (χ1) is 5.38. The molecule has 0 aliphatic heterocycles. The van der Waals surface area contributed by atoms with E-state index in [2.05, 4.69) is 6.58 Å². The van der Waals surface area contributed by atoms with Gasteiger partial charge in [-0.2, -0.15) is 13.2 Å². The van der Waals surface area contributed by atoms with Crippen LogP contribution in [0, 0.1) is 0 Å². The van der Waals surface area contributed by atoms with Crippen molar-refractivity contribution in [3.8, 4) is 0 Å². The van der Waals surface area contributed by atoms with E-state index in [-0.39, 0.29) is 0 Å². The summed E-state index contributed by atoms with van der Waals surface area (Å²) in [5.74, 6) is 0. The van der Waals surface area contributed by atoms with Crippen LogP contribution in [0.15, 0.2) is 12.7 Å². The summed E-state index contributed by atoms with van der Waals surface area (Å²) in [5.41, 5.74) is 0. The van der Waals surface area contributed by atoms with Gasteiger partial charge < -0.3 is 0 Å². The monoisotopic (exact) mass is 188 g/mol. The maximum absolute atomic E-state index is 12.2. The second-order valence-electron chi connectivity index (χ2n) is 2.34. The van der Waals surface area contributed by atoms with Crippen molar-refractivity contribution in [3.63, 3.8) is 0 Å². The van der Waals surface area contributed by atoms with E-state index in [1.165, 1.54) is 0 Å². The lowest BCUT2D eigenvalue weighted by Crippen LogP contribution is -2.24. The molecule has 0 aliphatic carbocycles. The lowest BCUT2D eigenvalue weighted by Gasteiger charge is -2.11. The Morgan fingerprint density at radius 1 is 1.17 bits per heavy atom. The Labute approximate surface area is 67.1 Å². The molecule has 0 aliphatic rings. The molecule has 0 nitrogen and oxygen atoms in total. The molecule has 2 unspecified atom stereocenters. The van der Waals surface area contributed by atoms with Crippen molar-refractivity contribution in [3.05, 3.63) is 12.7 Å². The molecule has 0 radical (unpaired) electrons. The van der Waals surface area contributed by atoms with Crippen LogP contribution in [-0.2, 0) is 0 Å². The molecule has 72 valence electrons. The Bertz CT molecular complexity index is 139. The third-order valence-electron chi connectivity index (χ3n) is 1.31. The van der Waals surface area contributed by atoms with Gasteiger partial charge in [-0.05, 0) is 12.8 Å². The Morgan fingerprint density at radius 3 is 2.00 bits per heavy atom. The van der Waals surface area contributed by atoms with Crippen LogP contribution < -0.4 is 0 Å². The number of alkyl halides is 5. The van der Waals surface area contributed by atoms with Gasteiger partial charge in [0.1, 0.15) is 6.17 Å². The lowest BCUT2D eigenvalue weighted by atomic mass is 10.1. The molecule has 0 aromatic carbocycles. The molecule has 0 saturated heterocycles. The summed E-state index contributed by atoms with van der Waals surface area (Å²) >= 11 is 0. The maximum Gasteiger partial charge on any atom is 0.419 e. The fourth-order valence-corrected chi connectivity index (χ4v) is 0.587. The van der Waals surface area contributed by atoms with Crippen molar-refractivity contribution in [1.82, 2.24) is 0 Å². The van der Waals surface area contributed by atoms with Gasteiger partial charge in [-0.25, -0.2) is 8.78 Å². The highest BCUT2D eigenvalue weighted by Gasteiger charge is 2.39. The fourth-order valence-electron chi connectivity index (χ4n) is 0.587. The van der Waals surface area contributed by atoms with Gasteiger partial charge in [-0.15, -0.1) is 6.58 Å². The molecule has 0 N–H and O–H groups in total. The second kappa shape index (κ2) is 4.42. The van der Waals surface area contributed by atoms with Crippen LogP contribution in [0.1, 0.15) is 12.8 Å². The highest BCUT2D eigenvalue weighted by Crippen LogP contribution is 2.26. The van der Waals surface area contributed by atoms with E-state index in [4.69, 9.17) is 0 Å². The molecule has 0 spiro atoms. The molecule has 12 heavy (non-hydrogen) atoms. The van der Waals surface area contributed by atoms with Gasteiger partial charge in [0.25, 0.3) is 0 Å². The number of hydrogen-bond donors (Lipinski definition) is 0. The predicted octanol–water partition coefficient (Wildman–Crippen LogP) is 3.19. The first kappa shape index (κ1) is 11.4. The zero-order chi connectivity index (χ0) is 9.78. The SMILES string of the molecule is C=CC(F)CCC(F)C(F)(F)F. The fraction of sp³-hybridized carbons (Fsp3) is 0.714. The van der Waals surface area contributed by atoms with Crippen molar-refractivity contribution in [1.29, 1.82) is 0 Å². The molecular weight excluding hydrogens is 179 g/mol. The van der Waals surface area contributed by atoms with Crippen molar-refractivity contribution in [2.24, 2.45) is 0 Å². The Balaban J connectivity index is 3.71.